The summed E-state index contributed by atoms with van der Waals surface area (Å²) in [6.07, 6.45) is 0.155. The molecule has 2 aromatic carbocycles. The van der Waals surface area contributed by atoms with E-state index in [-0.39, 0.29) is 28.9 Å². The fourth-order valence-corrected chi connectivity index (χ4v) is 5.98. The smallest absolute Gasteiger partial charge is 0.269 e. The number of rotatable bonds is 9. The van der Waals surface area contributed by atoms with Gasteiger partial charge in [0, 0.05) is 62.0 Å². The fourth-order valence-electron chi connectivity index (χ4n) is 5.98. The third-order valence-corrected chi connectivity index (χ3v) is 8.32. The fraction of sp³-hybridized carbons (Fsp3) is 0.424. The van der Waals surface area contributed by atoms with Crippen LogP contribution in [-0.2, 0) is 16.0 Å². The van der Waals surface area contributed by atoms with Crippen molar-refractivity contribution in [2.24, 2.45) is 0 Å². The number of non-ortho nitro benzene ring substituents is 1. The summed E-state index contributed by atoms with van der Waals surface area (Å²) in [5.74, 6) is 2.30. The first kappa shape index (κ1) is 30.6. The number of anilines is 2. The lowest BCUT2D eigenvalue weighted by molar-refractivity contribution is -0.384. The van der Waals surface area contributed by atoms with Gasteiger partial charge in [0.2, 0.25) is 5.95 Å². The Hall–Kier alpha value is -4.39. The number of nitro groups is 1. The van der Waals surface area contributed by atoms with Crippen LogP contribution >= 0.6 is 0 Å². The Bertz CT molecular complexity index is 1650. The van der Waals surface area contributed by atoms with Gasteiger partial charge < -0.3 is 29.3 Å². The van der Waals surface area contributed by atoms with Crippen LogP contribution in [0.5, 0.6) is 5.75 Å². The molecule has 3 atom stereocenters. The Morgan fingerprint density at radius 3 is 2.42 bits per heavy atom. The van der Waals surface area contributed by atoms with Crippen LogP contribution in [0, 0.1) is 10.1 Å². The van der Waals surface area contributed by atoms with Gasteiger partial charge in [0.15, 0.2) is 5.65 Å². The molecule has 0 bridgehead atoms. The molecule has 4 heterocycles. The van der Waals surface area contributed by atoms with Crippen molar-refractivity contribution in [3.8, 4) is 17.0 Å². The lowest BCUT2D eigenvalue weighted by atomic mass is 10.0. The van der Waals surface area contributed by atoms with Gasteiger partial charge in [0.1, 0.15) is 11.6 Å². The molecule has 2 saturated heterocycles. The van der Waals surface area contributed by atoms with Gasteiger partial charge in [-0.2, -0.15) is 9.97 Å². The van der Waals surface area contributed by atoms with E-state index in [0.29, 0.717) is 44.4 Å². The molecule has 2 aliphatic heterocycles. The van der Waals surface area contributed by atoms with Crippen LogP contribution in [0.15, 0.2) is 54.6 Å². The molecule has 0 saturated carbocycles. The Balaban J connectivity index is 1.31. The Morgan fingerprint density at radius 1 is 1.00 bits per heavy atom. The first-order chi connectivity index (χ1) is 21.8. The lowest BCUT2D eigenvalue weighted by Gasteiger charge is -2.36. The molecule has 0 amide bonds. The second kappa shape index (κ2) is 13.3. The topological polar surface area (TPSA) is 128 Å². The first-order valence-corrected chi connectivity index (χ1v) is 15.4. The van der Waals surface area contributed by atoms with E-state index in [9.17, 15) is 10.1 Å². The van der Waals surface area contributed by atoms with E-state index in [1.807, 2.05) is 25.1 Å². The van der Waals surface area contributed by atoms with E-state index < -0.39 is 0 Å². The van der Waals surface area contributed by atoms with Gasteiger partial charge in [-0.25, -0.2) is 4.98 Å². The highest BCUT2D eigenvalue weighted by Crippen LogP contribution is 2.32. The largest absolute Gasteiger partial charge is 0.496 e. The normalized spacial score (nSPS) is 19.5. The molecule has 12 heteroatoms. The lowest BCUT2D eigenvalue weighted by Crippen LogP contribution is -2.46. The maximum absolute atomic E-state index is 11.0. The zero-order chi connectivity index (χ0) is 31.5. The van der Waals surface area contributed by atoms with E-state index in [4.69, 9.17) is 29.2 Å². The number of aromatic nitrogens is 3. The number of benzene rings is 2. The molecule has 2 aromatic heterocycles. The van der Waals surface area contributed by atoms with Gasteiger partial charge in [-0.1, -0.05) is 12.1 Å². The van der Waals surface area contributed by atoms with E-state index in [2.05, 4.69) is 41.1 Å². The molecule has 0 radical (unpaired) electrons. The molecule has 45 heavy (non-hydrogen) atoms. The predicted octanol–water partition coefficient (Wildman–Crippen LogP) is 4.91. The molecule has 3 unspecified atom stereocenters. The average molecular weight is 614 g/mol. The highest BCUT2D eigenvalue weighted by atomic mass is 16.6. The third kappa shape index (κ3) is 6.82. The van der Waals surface area contributed by atoms with E-state index >= 15 is 0 Å². The molecule has 1 N–H and O–H groups in total. The van der Waals surface area contributed by atoms with Crippen LogP contribution in [0.25, 0.3) is 22.3 Å². The second-order valence-electron chi connectivity index (χ2n) is 11.7. The summed E-state index contributed by atoms with van der Waals surface area (Å²) < 4.78 is 17.3. The number of pyridine rings is 1. The van der Waals surface area contributed by atoms with Gasteiger partial charge in [0.05, 0.1) is 48.5 Å². The van der Waals surface area contributed by atoms with Gasteiger partial charge in [0.25, 0.3) is 5.69 Å². The SMILES string of the molecule is COc1ccc(-c2ccc3c(N4CCOCC4)nc(N4CC(C)OC(C)C4)nc3n2)cc1CNC(C)c1ccc([N+](=O)[O-])cc1. The number of nitrogens with one attached hydrogen (secondary N) is 1. The molecule has 12 nitrogen and oxygen atoms in total. The van der Waals surface area contributed by atoms with Gasteiger partial charge in [-0.05, 0) is 56.7 Å². The van der Waals surface area contributed by atoms with E-state index in [1.165, 1.54) is 12.1 Å². The number of nitrogens with zero attached hydrogens (tertiary/aromatic N) is 6. The molecule has 6 rings (SSSR count). The van der Waals surface area contributed by atoms with Crippen molar-refractivity contribution in [3.05, 3.63) is 75.8 Å². The molecule has 4 aromatic rings. The van der Waals surface area contributed by atoms with Crippen LogP contribution < -0.4 is 19.9 Å². The van der Waals surface area contributed by atoms with Crippen molar-refractivity contribution in [1.82, 2.24) is 20.3 Å². The standard InChI is InChI=1S/C33H39N7O5/c1-21-19-39(20-22(2)45-21)33-36-31-28(32(37-33)38-13-15-44-16-14-38)10-11-29(35-31)25-7-12-30(43-4)26(17-25)18-34-23(3)24-5-8-27(9-6-24)40(41)42/h5-12,17,21-23,34H,13-16,18-20H2,1-4H3. The Morgan fingerprint density at radius 2 is 1.73 bits per heavy atom. The van der Waals surface area contributed by atoms with E-state index in [1.54, 1.807) is 19.2 Å². The minimum atomic E-state index is -0.390. The minimum Gasteiger partial charge on any atom is -0.496 e. The molecular formula is C33H39N7O5. The molecular weight excluding hydrogens is 574 g/mol. The highest BCUT2D eigenvalue weighted by Gasteiger charge is 2.27. The summed E-state index contributed by atoms with van der Waals surface area (Å²) >= 11 is 0. The van der Waals surface area contributed by atoms with E-state index in [0.717, 1.165) is 52.4 Å². The first-order valence-electron chi connectivity index (χ1n) is 15.4. The maximum Gasteiger partial charge on any atom is 0.269 e. The van der Waals surface area contributed by atoms with Crippen LogP contribution in [0.3, 0.4) is 0 Å². The van der Waals surface area contributed by atoms with Crippen molar-refractivity contribution in [2.45, 2.75) is 45.6 Å². The summed E-state index contributed by atoms with van der Waals surface area (Å²) in [6.45, 7) is 11.0. The van der Waals surface area contributed by atoms with Crippen molar-refractivity contribution < 1.29 is 19.1 Å². The number of fused-ring (bicyclic) bond motifs is 1. The molecule has 0 spiro atoms. The highest BCUT2D eigenvalue weighted by molar-refractivity contribution is 5.90. The van der Waals surface area contributed by atoms with Crippen molar-refractivity contribution in [1.29, 1.82) is 0 Å². The summed E-state index contributed by atoms with van der Waals surface area (Å²) in [4.78, 5) is 30.2. The van der Waals surface area contributed by atoms with Gasteiger partial charge >= 0.3 is 0 Å². The number of nitro benzene ring substituents is 1. The quantitative estimate of drug-likeness (QED) is 0.204. The van der Waals surface area contributed by atoms with Crippen LogP contribution in [0.1, 0.15) is 37.9 Å². The van der Waals surface area contributed by atoms with Crippen LogP contribution in [0.4, 0.5) is 17.5 Å². The summed E-state index contributed by atoms with van der Waals surface area (Å²) in [7, 11) is 1.66. The molecule has 0 aliphatic carbocycles. The monoisotopic (exact) mass is 613 g/mol. The average Bonchev–Trinajstić information content (AvgIpc) is 3.06. The predicted molar refractivity (Wildman–Crippen MR) is 173 cm³/mol. The number of ether oxygens (including phenoxy) is 3. The van der Waals surface area contributed by atoms with Crippen molar-refractivity contribution in [2.75, 3.05) is 56.3 Å². The number of morpholine rings is 2. The Labute approximate surface area is 262 Å². The van der Waals surface area contributed by atoms with Crippen molar-refractivity contribution in [3.63, 3.8) is 0 Å². The zero-order valence-corrected chi connectivity index (χ0v) is 26.1. The summed E-state index contributed by atoms with van der Waals surface area (Å²) in [5.41, 5.74) is 4.40. The van der Waals surface area contributed by atoms with Crippen LogP contribution in [0.2, 0.25) is 0 Å². The molecule has 2 aliphatic rings. The number of hydrogen-bond acceptors (Lipinski definition) is 11. The minimum absolute atomic E-state index is 0.0303. The van der Waals surface area contributed by atoms with Gasteiger partial charge in [-0.15, -0.1) is 0 Å². The zero-order valence-electron chi connectivity index (χ0n) is 26.1. The number of hydrogen-bond donors (Lipinski definition) is 1. The van der Waals surface area contributed by atoms with Crippen LogP contribution in [-0.4, -0.2) is 78.6 Å². The van der Waals surface area contributed by atoms with Crippen molar-refractivity contribution >= 4 is 28.5 Å². The summed E-state index contributed by atoms with van der Waals surface area (Å²) in [6, 6.07) is 16.7. The second-order valence-corrected chi connectivity index (χ2v) is 11.7. The molecule has 236 valence electrons. The third-order valence-electron chi connectivity index (χ3n) is 8.32. The number of methoxy groups -OCH3 is 1. The summed E-state index contributed by atoms with van der Waals surface area (Å²) in [5, 5.41) is 15.5. The maximum atomic E-state index is 11.0. The van der Waals surface area contributed by atoms with Gasteiger partial charge in [-0.3, -0.25) is 10.1 Å². The Kier molecular flexibility index (Phi) is 9.06. The molecule has 2 fully saturated rings.